The molecule has 0 aliphatic rings. The monoisotopic (exact) mass is 194 g/mol. The summed E-state index contributed by atoms with van der Waals surface area (Å²) in [4.78, 5) is 10.6. The quantitative estimate of drug-likeness (QED) is 0.746. The molecule has 0 bridgehead atoms. The Kier molecular flexibility index (Phi) is 1.73. The van der Waals surface area contributed by atoms with Gasteiger partial charge in [-0.3, -0.25) is 4.68 Å². The van der Waals surface area contributed by atoms with Crippen LogP contribution < -0.4 is 0 Å². The second kappa shape index (κ2) is 2.80. The molecule has 0 amide bonds. The molecule has 1 N–H and O–H groups in total. The van der Waals surface area contributed by atoms with Gasteiger partial charge >= 0.3 is 5.97 Å². The average molecular weight is 194 g/mol. The number of benzene rings is 1. The topological polar surface area (TPSA) is 55.1 Å². The van der Waals surface area contributed by atoms with Gasteiger partial charge in [0.2, 0.25) is 5.95 Å². The first-order chi connectivity index (χ1) is 6.59. The van der Waals surface area contributed by atoms with Gasteiger partial charge in [0.15, 0.2) is 0 Å². The van der Waals surface area contributed by atoms with Crippen molar-refractivity contribution in [1.29, 1.82) is 0 Å². The van der Waals surface area contributed by atoms with Gasteiger partial charge < -0.3 is 5.11 Å². The minimum absolute atomic E-state index is 0.0596. The van der Waals surface area contributed by atoms with Crippen molar-refractivity contribution in [2.45, 2.75) is 0 Å². The maximum Gasteiger partial charge on any atom is 0.335 e. The van der Waals surface area contributed by atoms with E-state index in [4.69, 9.17) is 5.11 Å². The molecule has 0 aliphatic carbocycles. The summed E-state index contributed by atoms with van der Waals surface area (Å²) in [6, 6.07) is 4.24. The van der Waals surface area contributed by atoms with E-state index in [0.717, 1.165) is 0 Å². The van der Waals surface area contributed by atoms with Gasteiger partial charge in [-0.05, 0) is 18.2 Å². The molecular formula is C9H7FN2O2. The number of carbonyl (C=O) groups is 1. The summed E-state index contributed by atoms with van der Waals surface area (Å²) < 4.78 is 14.5. The zero-order chi connectivity index (χ0) is 10.3. The lowest BCUT2D eigenvalue weighted by Gasteiger charge is -1.95. The van der Waals surface area contributed by atoms with Crippen LogP contribution in [0.3, 0.4) is 0 Å². The molecular weight excluding hydrogens is 187 g/mol. The first-order valence-corrected chi connectivity index (χ1v) is 3.95. The number of nitrogens with zero attached hydrogens (tertiary/aromatic N) is 2. The lowest BCUT2D eigenvalue weighted by atomic mass is 10.1. The molecule has 0 fully saturated rings. The molecule has 0 saturated carbocycles. The minimum atomic E-state index is -1.07. The third kappa shape index (κ3) is 1.14. The SMILES string of the molecule is Cn1nc(F)c2cc(C(=O)O)ccc21. The van der Waals surface area contributed by atoms with Crippen LogP contribution in [0.5, 0.6) is 0 Å². The summed E-state index contributed by atoms with van der Waals surface area (Å²) >= 11 is 0. The summed E-state index contributed by atoms with van der Waals surface area (Å²) in [6.45, 7) is 0. The van der Waals surface area contributed by atoms with Crippen LogP contribution in [0.1, 0.15) is 10.4 Å². The molecule has 2 rings (SSSR count). The number of carboxylic acids is 1. The Morgan fingerprint density at radius 1 is 1.57 bits per heavy atom. The average Bonchev–Trinajstić information content (AvgIpc) is 2.42. The number of aromatic carboxylic acids is 1. The third-order valence-corrected chi connectivity index (χ3v) is 2.05. The smallest absolute Gasteiger partial charge is 0.335 e. The fourth-order valence-electron chi connectivity index (χ4n) is 1.36. The predicted octanol–water partition coefficient (Wildman–Crippen LogP) is 1.41. The van der Waals surface area contributed by atoms with E-state index in [-0.39, 0.29) is 10.9 Å². The first kappa shape index (κ1) is 8.68. The van der Waals surface area contributed by atoms with E-state index < -0.39 is 11.9 Å². The van der Waals surface area contributed by atoms with Crippen LogP contribution in [0.15, 0.2) is 18.2 Å². The van der Waals surface area contributed by atoms with Crippen molar-refractivity contribution in [2.75, 3.05) is 0 Å². The molecule has 1 aromatic heterocycles. The van der Waals surface area contributed by atoms with Crippen molar-refractivity contribution in [3.63, 3.8) is 0 Å². The molecule has 0 radical (unpaired) electrons. The van der Waals surface area contributed by atoms with Crippen molar-refractivity contribution in [3.05, 3.63) is 29.7 Å². The van der Waals surface area contributed by atoms with Crippen LogP contribution in [0, 0.1) is 5.95 Å². The highest BCUT2D eigenvalue weighted by Gasteiger charge is 2.10. The normalized spacial score (nSPS) is 10.7. The van der Waals surface area contributed by atoms with Gasteiger partial charge in [0.25, 0.3) is 0 Å². The highest BCUT2D eigenvalue weighted by molar-refractivity contribution is 5.93. The van der Waals surface area contributed by atoms with E-state index in [1.807, 2.05) is 0 Å². The van der Waals surface area contributed by atoms with E-state index in [1.54, 1.807) is 7.05 Å². The number of carboxylic acid groups (broad SMARTS) is 1. The highest BCUT2D eigenvalue weighted by atomic mass is 19.1. The van der Waals surface area contributed by atoms with Crippen molar-refractivity contribution < 1.29 is 14.3 Å². The summed E-state index contributed by atoms with van der Waals surface area (Å²) in [5.74, 6) is -1.72. The van der Waals surface area contributed by atoms with Crippen molar-refractivity contribution >= 4 is 16.9 Å². The lowest BCUT2D eigenvalue weighted by molar-refractivity contribution is 0.0697. The Morgan fingerprint density at radius 2 is 2.29 bits per heavy atom. The summed E-state index contributed by atoms with van der Waals surface area (Å²) in [6.07, 6.45) is 0. The molecule has 4 nitrogen and oxygen atoms in total. The maximum absolute atomic E-state index is 13.1. The molecule has 1 aromatic carbocycles. The molecule has 0 spiro atoms. The molecule has 1 heterocycles. The van der Waals surface area contributed by atoms with Crippen molar-refractivity contribution in [1.82, 2.24) is 9.78 Å². The number of rotatable bonds is 1. The van der Waals surface area contributed by atoms with Crippen molar-refractivity contribution in [2.24, 2.45) is 7.05 Å². The number of halogens is 1. The third-order valence-electron chi connectivity index (χ3n) is 2.05. The van der Waals surface area contributed by atoms with Gasteiger partial charge in [-0.15, -0.1) is 5.10 Å². The molecule has 5 heteroatoms. The Hall–Kier alpha value is -1.91. The molecule has 14 heavy (non-hydrogen) atoms. The van der Waals surface area contributed by atoms with Gasteiger partial charge in [-0.25, -0.2) is 4.79 Å². The largest absolute Gasteiger partial charge is 0.478 e. The molecule has 0 unspecified atom stereocenters. The lowest BCUT2D eigenvalue weighted by Crippen LogP contribution is -1.95. The molecule has 0 aliphatic heterocycles. The van der Waals surface area contributed by atoms with Crippen LogP contribution in [0.25, 0.3) is 10.9 Å². The van der Waals surface area contributed by atoms with E-state index in [9.17, 15) is 9.18 Å². The van der Waals surface area contributed by atoms with E-state index in [0.29, 0.717) is 5.52 Å². The van der Waals surface area contributed by atoms with Gasteiger partial charge in [0.1, 0.15) is 0 Å². The second-order valence-corrected chi connectivity index (χ2v) is 2.95. The Labute approximate surface area is 78.6 Å². The first-order valence-electron chi connectivity index (χ1n) is 3.95. The zero-order valence-electron chi connectivity index (χ0n) is 7.36. The maximum atomic E-state index is 13.1. The Balaban J connectivity index is 2.77. The van der Waals surface area contributed by atoms with Crippen molar-refractivity contribution in [3.8, 4) is 0 Å². The molecule has 0 saturated heterocycles. The fourth-order valence-corrected chi connectivity index (χ4v) is 1.36. The van der Waals surface area contributed by atoms with Crippen LogP contribution >= 0.6 is 0 Å². The Morgan fingerprint density at radius 3 is 2.93 bits per heavy atom. The number of hydrogen-bond acceptors (Lipinski definition) is 2. The van der Waals surface area contributed by atoms with E-state index in [1.165, 1.54) is 22.9 Å². The summed E-state index contributed by atoms with van der Waals surface area (Å²) in [5, 5.41) is 12.5. The van der Waals surface area contributed by atoms with Gasteiger partial charge in [0.05, 0.1) is 16.5 Å². The number of hydrogen-bond donors (Lipinski definition) is 1. The van der Waals surface area contributed by atoms with Crippen LogP contribution in [0.4, 0.5) is 4.39 Å². The Bertz CT molecular complexity index is 519. The van der Waals surface area contributed by atoms with Gasteiger partial charge in [0, 0.05) is 7.05 Å². The highest BCUT2D eigenvalue weighted by Crippen LogP contribution is 2.18. The predicted molar refractivity (Wildman–Crippen MR) is 47.6 cm³/mol. The molecule has 72 valence electrons. The van der Waals surface area contributed by atoms with Crippen LogP contribution in [-0.4, -0.2) is 20.9 Å². The van der Waals surface area contributed by atoms with Crippen LogP contribution in [0.2, 0.25) is 0 Å². The summed E-state index contributed by atoms with van der Waals surface area (Å²) in [5.41, 5.74) is 0.636. The number of aryl methyl sites for hydroxylation is 1. The minimum Gasteiger partial charge on any atom is -0.478 e. The fraction of sp³-hybridized carbons (Fsp3) is 0.111. The van der Waals surface area contributed by atoms with Gasteiger partial charge in [-0.2, -0.15) is 4.39 Å². The van der Waals surface area contributed by atoms with Gasteiger partial charge in [-0.1, -0.05) is 0 Å². The number of aromatic nitrogens is 2. The van der Waals surface area contributed by atoms with Crippen LogP contribution in [-0.2, 0) is 7.05 Å². The standard InChI is InChI=1S/C9H7FN2O2/c1-12-7-3-2-5(9(13)14)4-6(7)8(10)11-12/h2-4H,1H3,(H,13,14). The van der Waals surface area contributed by atoms with E-state index >= 15 is 0 Å². The number of fused-ring (bicyclic) bond motifs is 1. The molecule has 2 aromatic rings. The molecule has 0 atom stereocenters. The zero-order valence-corrected chi connectivity index (χ0v) is 7.36. The second-order valence-electron chi connectivity index (χ2n) is 2.95. The summed E-state index contributed by atoms with van der Waals surface area (Å²) in [7, 11) is 1.60. The van der Waals surface area contributed by atoms with E-state index in [2.05, 4.69) is 5.10 Å².